The summed E-state index contributed by atoms with van der Waals surface area (Å²) >= 11 is 0. The molecule has 3 atom stereocenters. The molecule has 0 aromatic heterocycles. The SMILES string of the molecule is CCCCC[C@H](/C=C/C=C\C=C\C=C\[C@@H](O)[C@@H](O)CCCC(=O)OC)Oc1ccc(F)cc1. The van der Waals surface area contributed by atoms with Gasteiger partial charge >= 0.3 is 5.97 Å². The van der Waals surface area contributed by atoms with Crippen molar-refractivity contribution in [1.29, 1.82) is 0 Å². The third kappa shape index (κ3) is 14.1. The summed E-state index contributed by atoms with van der Waals surface area (Å²) in [6, 6.07) is 6.04. The van der Waals surface area contributed by atoms with Gasteiger partial charge in [0.15, 0.2) is 0 Å². The van der Waals surface area contributed by atoms with Gasteiger partial charge in [-0.25, -0.2) is 4.39 Å². The molecule has 0 unspecified atom stereocenters. The van der Waals surface area contributed by atoms with Crippen molar-refractivity contribution in [3.63, 3.8) is 0 Å². The summed E-state index contributed by atoms with van der Waals surface area (Å²) in [4.78, 5) is 11.1. The fourth-order valence-corrected chi connectivity index (χ4v) is 2.96. The zero-order valence-electron chi connectivity index (χ0n) is 19.6. The number of unbranched alkanes of at least 4 members (excludes halogenated alkanes) is 2. The van der Waals surface area contributed by atoms with Gasteiger partial charge in [0.25, 0.3) is 0 Å². The van der Waals surface area contributed by atoms with Gasteiger partial charge in [-0.05, 0) is 56.0 Å². The molecule has 5 nitrogen and oxygen atoms in total. The van der Waals surface area contributed by atoms with Gasteiger partial charge in [-0.3, -0.25) is 4.79 Å². The summed E-state index contributed by atoms with van der Waals surface area (Å²) in [5, 5.41) is 19.8. The fourth-order valence-electron chi connectivity index (χ4n) is 2.96. The molecule has 0 saturated heterocycles. The Morgan fingerprint density at radius 3 is 2.21 bits per heavy atom. The summed E-state index contributed by atoms with van der Waals surface area (Å²) in [5.41, 5.74) is 0. The van der Waals surface area contributed by atoms with E-state index in [1.165, 1.54) is 25.3 Å². The molecule has 33 heavy (non-hydrogen) atoms. The molecule has 0 heterocycles. The summed E-state index contributed by atoms with van der Waals surface area (Å²) in [7, 11) is 1.32. The molecule has 1 aromatic carbocycles. The van der Waals surface area contributed by atoms with Gasteiger partial charge in [0.05, 0.1) is 19.3 Å². The van der Waals surface area contributed by atoms with Crippen LogP contribution in [0.2, 0.25) is 0 Å². The molecular formula is C27H37FO5. The molecule has 0 aliphatic heterocycles. The summed E-state index contributed by atoms with van der Waals surface area (Å²) in [5.74, 6) is 0.0256. The van der Waals surface area contributed by atoms with Crippen LogP contribution in [-0.2, 0) is 9.53 Å². The monoisotopic (exact) mass is 460 g/mol. The number of esters is 1. The topological polar surface area (TPSA) is 76.0 Å². The molecule has 182 valence electrons. The second kappa shape index (κ2) is 17.8. The lowest BCUT2D eigenvalue weighted by Gasteiger charge is -2.15. The van der Waals surface area contributed by atoms with Crippen molar-refractivity contribution >= 4 is 5.97 Å². The first kappa shape index (κ1) is 28.3. The minimum Gasteiger partial charge on any atom is -0.486 e. The normalized spacial score (nSPS) is 14.9. The van der Waals surface area contributed by atoms with Crippen LogP contribution in [0, 0.1) is 5.82 Å². The molecule has 0 radical (unpaired) electrons. The lowest BCUT2D eigenvalue weighted by molar-refractivity contribution is -0.140. The lowest BCUT2D eigenvalue weighted by Crippen LogP contribution is -2.23. The molecule has 0 fully saturated rings. The minimum absolute atomic E-state index is 0.0913. The first-order valence-electron chi connectivity index (χ1n) is 11.5. The van der Waals surface area contributed by atoms with Crippen molar-refractivity contribution in [2.75, 3.05) is 7.11 Å². The smallest absolute Gasteiger partial charge is 0.305 e. The predicted molar refractivity (Wildman–Crippen MR) is 129 cm³/mol. The number of allylic oxidation sites excluding steroid dienone is 6. The molecule has 0 spiro atoms. The fraction of sp³-hybridized carbons (Fsp3) is 0.444. The standard InChI is InChI=1S/C27H37FO5/c1-3-4-9-13-23(33-24-20-18-22(28)19-21-24)14-10-7-5-6-8-11-15-25(29)26(30)16-12-17-27(31)32-2/h5-8,10-11,14-15,18-21,23,25-26,29-30H,3-4,9,12-13,16-17H2,1-2H3/b7-5-,8-6+,14-10+,15-11+/t23-,25-,26+/m1/s1. The van der Waals surface area contributed by atoms with Crippen LogP contribution >= 0.6 is 0 Å². The van der Waals surface area contributed by atoms with Crippen LogP contribution in [0.4, 0.5) is 4.39 Å². The summed E-state index contributed by atoms with van der Waals surface area (Å²) in [6.45, 7) is 2.15. The van der Waals surface area contributed by atoms with E-state index in [0.717, 1.165) is 25.7 Å². The Morgan fingerprint density at radius 1 is 0.939 bits per heavy atom. The molecule has 0 bridgehead atoms. The van der Waals surface area contributed by atoms with E-state index in [4.69, 9.17) is 4.74 Å². The Labute approximate surface area is 196 Å². The van der Waals surface area contributed by atoms with Crippen molar-refractivity contribution < 1.29 is 28.9 Å². The van der Waals surface area contributed by atoms with E-state index in [9.17, 15) is 19.4 Å². The number of carbonyl (C=O) groups excluding carboxylic acids is 1. The molecule has 2 N–H and O–H groups in total. The molecule has 0 aliphatic carbocycles. The highest BCUT2D eigenvalue weighted by Gasteiger charge is 2.13. The zero-order chi connectivity index (χ0) is 24.3. The average molecular weight is 461 g/mol. The van der Waals surface area contributed by atoms with E-state index < -0.39 is 12.2 Å². The zero-order valence-corrected chi connectivity index (χ0v) is 19.6. The molecule has 6 heteroatoms. The van der Waals surface area contributed by atoms with E-state index in [-0.39, 0.29) is 24.3 Å². The third-order valence-electron chi connectivity index (χ3n) is 4.89. The number of aliphatic hydroxyl groups excluding tert-OH is 2. The molecule has 1 aromatic rings. The van der Waals surface area contributed by atoms with E-state index in [2.05, 4.69) is 11.7 Å². The maximum Gasteiger partial charge on any atom is 0.305 e. The Hall–Kier alpha value is -2.70. The van der Waals surface area contributed by atoms with Crippen LogP contribution in [0.5, 0.6) is 5.75 Å². The van der Waals surface area contributed by atoms with Gasteiger partial charge in [0.2, 0.25) is 0 Å². The van der Waals surface area contributed by atoms with Crippen molar-refractivity contribution in [2.24, 2.45) is 0 Å². The van der Waals surface area contributed by atoms with E-state index in [0.29, 0.717) is 18.6 Å². The van der Waals surface area contributed by atoms with Gasteiger partial charge < -0.3 is 19.7 Å². The van der Waals surface area contributed by atoms with Crippen molar-refractivity contribution in [1.82, 2.24) is 0 Å². The van der Waals surface area contributed by atoms with Gasteiger partial charge in [0, 0.05) is 6.42 Å². The number of aliphatic hydroxyl groups is 2. The minimum atomic E-state index is -0.997. The van der Waals surface area contributed by atoms with Gasteiger partial charge in [-0.1, -0.05) is 62.3 Å². The van der Waals surface area contributed by atoms with E-state index >= 15 is 0 Å². The van der Waals surface area contributed by atoms with Crippen LogP contribution < -0.4 is 4.74 Å². The summed E-state index contributed by atoms with van der Waals surface area (Å²) < 4.78 is 23.6. The van der Waals surface area contributed by atoms with Gasteiger partial charge in [-0.15, -0.1) is 0 Å². The maximum absolute atomic E-state index is 13.1. The number of carbonyl (C=O) groups is 1. The second-order valence-electron chi connectivity index (χ2n) is 7.67. The molecule has 0 amide bonds. The van der Waals surface area contributed by atoms with Crippen LogP contribution in [0.1, 0.15) is 51.9 Å². The number of hydrogen-bond acceptors (Lipinski definition) is 5. The Balaban J connectivity index is 2.45. The molecular weight excluding hydrogens is 423 g/mol. The van der Waals surface area contributed by atoms with E-state index in [1.807, 2.05) is 30.4 Å². The maximum atomic E-state index is 13.1. The lowest BCUT2D eigenvalue weighted by atomic mass is 10.1. The largest absolute Gasteiger partial charge is 0.486 e. The van der Waals surface area contributed by atoms with Crippen LogP contribution in [0.15, 0.2) is 72.9 Å². The van der Waals surface area contributed by atoms with E-state index in [1.54, 1.807) is 24.3 Å². The molecule has 0 saturated carbocycles. The highest BCUT2D eigenvalue weighted by atomic mass is 19.1. The number of halogens is 1. The number of hydrogen-bond donors (Lipinski definition) is 2. The molecule has 0 aliphatic rings. The quantitative estimate of drug-likeness (QED) is 0.195. The average Bonchev–Trinajstić information content (AvgIpc) is 2.81. The highest BCUT2D eigenvalue weighted by Crippen LogP contribution is 2.17. The van der Waals surface area contributed by atoms with Crippen LogP contribution in [0.25, 0.3) is 0 Å². The van der Waals surface area contributed by atoms with Crippen molar-refractivity contribution in [3.8, 4) is 5.75 Å². The Morgan fingerprint density at radius 2 is 1.58 bits per heavy atom. The number of benzene rings is 1. The van der Waals surface area contributed by atoms with Crippen LogP contribution in [-0.4, -0.2) is 41.6 Å². The Kier molecular flexibility index (Phi) is 15.3. The highest BCUT2D eigenvalue weighted by molar-refractivity contribution is 5.68. The Bertz CT molecular complexity index is 767. The number of methoxy groups -OCH3 is 1. The van der Waals surface area contributed by atoms with Gasteiger partial charge in [0.1, 0.15) is 17.7 Å². The van der Waals surface area contributed by atoms with Crippen molar-refractivity contribution in [3.05, 3.63) is 78.7 Å². The predicted octanol–water partition coefficient (Wildman–Crippen LogP) is 5.44. The first-order valence-corrected chi connectivity index (χ1v) is 11.5. The van der Waals surface area contributed by atoms with Crippen molar-refractivity contribution in [2.45, 2.75) is 70.2 Å². The third-order valence-corrected chi connectivity index (χ3v) is 4.89. The van der Waals surface area contributed by atoms with Crippen LogP contribution in [0.3, 0.4) is 0 Å². The molecule has 1 rings (SSSR count). The summed E-state index contributed by atoms with van der Waals surface area (Å²) in [6.07, 6.45) is 17.5. The first-order chi connectivity index (χ1) is 16.0. The number of ether oxygens (including phenoxy) is 2. The van der Waals surface area contributed by atoms with Gasteiger partial charge in [-0.2, -0.15) is 0 Å². The second-order valence-corrected chi connectivity index (χ2v) is 7.67. The number of rotatable bonds is 16.